The number of aliphatic hydroxyl groups excluding tert-OH is 1. The van der Waals surface area contributed by atoms with Gasteiger partial charge >= 0.3 is 17.9 Å². The second-order valence-corrected chi connectivity index (χ2v) is 13.9. The Kier molecular flexibility index (Phi) is 15.4. The topological polar surface area (TPSA) is 89.9 Å². The lowest BCUT2D eigenvalue weighted by atomic mass is 9.75. The molecule has 1 N–H and O–H groups in total. The fourth-order valence-electron chi connectivity index (χ4n) is 6.53. The van der Waals surface area contributed by atoms with E-state index >= 15 is 0 Å². The predicted molar refractivity (Wildman–Crippen MR) is 187 cm³/mol. The maximum absolute atomic E-state index is 12.2. The van der Waals surface area contributed by atoms with E-state index in [2.05, 4.69) is 41.5 Å². The summed E-state index contributed by atoms with van der Waals surface area (Å²) >= 11 is 0. The van der Waals surface area contributed by atoms with Gasteiger partial charge in [-0.1, -0.05) is 109 Å². The molecule has 2 aliphatic rings. The molecular formula is C41H54O6. The van der Waals surface area contributed by atoms with E-state index in [1.807, 2.05) is 30.3 Å². The molecule has 2 fully saturated rings. The van der Waals surface area contributed by atoms with Crippen LogP contribution in [0.1, 0.15) is 111 Å². The van der Waals surface area contributed by atoms with Crippen molar-refractivity contribution in [3.63, 3.8) is 0 Å². The van der Waals surface area contributed by atoms with Crippen molar-refractivity contribution in [3.8, 4) is 0 Å². The molecule has 3 aromatic rings. The highest BCUT2D eigenvalue weighted by atomic mass is 16.6. The van der Waals surface area contributed by atoms with Crippen LogP contribution in [-0.2, 0) is 9.47 Å². The number of carbonyl (C=O) groups excluding carboxylic acids is 3. The molecule has 0 aliphatic heterocycles. The summed E-state index contributed by atoms with van der Waals surface area (Å²) in [6.45, 7) is 13.4. The van der Waals surface area contributed by atoms with E-state index in [1.54, 1.807) is 60.7 Å². The summed E-state index contributed by atoms with van der Waals surface area (Å²) in [5.41, 5.74) is 1.37. The van der Waals surface area contributed by atoms with Gasteiger partial charge in [0.25, 0.3) is 0 Å². The number of hydrogen-bond donors (Lipinski definition) is 1. The maximum Gasteiger partial charge on any atom is 0.346 e. The Morgan fingerprint density at radius 3 is 1.36 bits per heavy atom. The SMILES string of the molecule is CC(C)[C@H]1CC[C@H](C)C[C@@H]1O.CC(C)[C@H]1CC[C@H](C)C[C@@H]1OC(=O)c1ccccc1.O=C(OC(=O)c1ccccc1)c1ccccc1. The van der Waals surface area contributed by atoms with Gasteiger partial charge in [0.15, 0.2) is 0 Å². The lowest BCUT2D eigenvalue weighted by Crippen LogP contribution is -2.35. The largest absolute Gasteiger partial charge is 0.458 e. The lowest BCUT2D eigenvalue weighted by molar-refractivity contribution is -0.0174. The van der Waals surface area contributed by atoms with Crippen molar-refractivity contribution in [2.75, 3.05) is 0 Å². The molecule has 6 atom stereocenters. The van der Waals surface area contributed by atoms with Gasteiger partial charge in [0.05, 0.1) is 22.8 Å². The van der Waals surface area contributed by atoms with Crippen LogP contribution in [0.4, 0.5) is 0 Å². The molecule has 0 aromatic heterocycles. The molecule has 2 aliphatic carbocycles. The van der Waals surface area contributed by atoms with Crippen molar-refractivity contribution in [1.29, 1.82) is 0 Å². The molecule has 6 nitrogen and oxygen atoms in total. The van der Waals surface area contributed by atoms with Gasteiger partial charge in [0.1, 0.15) is 6.10 Å². The van der Waals surface area contributed by atoms with Crippen molar-refractivity contribution in [1.82, 2.24) is 0 Å². The summed E-state index contributed by atoms with van der Waals surface area (Å²) in [4.78, 5) is 35.3. The lowest BCUT2D eigenvalue weighted by Gasteiger charge is -2.36. The Labute approximate surface area is 281 Å². The van der Waals surface area contributed by atoms with Crippen molar-refractivity contribution in [3.05, 3.63) is 108 Å². The van der Waals surface area contributed by atoms with Crippen LogP contribution < -0.4 is 0 Å². The third-order valence-electron chi connectivity index (χ3n) is 9.42. The summed E-state index contributed by atoms with van der Waals surface area (Å²) in [5.74, 6) is 2.22. The van der Waals surface area contributed by atoms with Gasteiger partial charge in [-0.05, 0) is 97.6 Å². The van der Waals surface area contributed by atoms with Crippen LogP contribution in [0.15, 0.2) is 91.0 Å². The predicted octanol–water partition coefficient (Wildman–Crippen LogP) is 9.43. The minimum absolute atomic E-state index is 0.0289. The molecule has 5 rings (SSSR count). The van der Waals surface area contributed by atoms with Crippen LogP contribution in [0, 0.1) is 35.5 Å². The van der Waals surface area contributed by atoms with Gasteiger partial charge in [-0.15, -0.1) is 0 Å². The third-order valence-corrected chi connectivity index (χ3v) is 9.42. The van der Waals surface area contributed by atoms with E-state index in [9.17, 15) is 19.5 Å². The Bertz CT molecular complexity index is 1300. The first kappa shape index (κ1) is 37.7. The molecule has 6 heteroatoms. The minimum atomic E-state index is -0.639. The number of benzene rings is 3. The van der Waals surface area contributed by atoms with Crippen molar-refractivity contribution in [2.45, 2.75) is 92.3 Å². The molecule has 0 saturated heterocycles. The first-order valence-electron chi connectivity index (χ1n) is 17.3. The van der Waals surface area contributed by atoms with Crippen LogP contribution in [0.2, 0.25) is 0 Å². The van der Waals surface area contributed by atoms with E-state index in [4.69, 9.17) is 9.47 Å². The second-order valence-electron chi connectivity index (χ2n) is 13.9. The minimum Gasteiger partial charge on any atom is -0.458 e. The number of carbonyl (C=O) groups is 3. The van der Waals surface area contributed by atoms with Gasteiger partial charge in [0, 0.05) is 0 Å². The quantitative estimate of drug-likeness (QED) is 0.213. The Hall–Kier alpha value is -3.77. The second kappa shape index (κ2) is 19.1. The van der Waals surface area contributed by atoms with Gasteiger partial charge in [-0.25, -0.2) is 14.4 Å². The van der Waals surface area contributed by atoms with Gasteiger partial charge < -0.3 is 14.6 Å². The Morgan fingerprint density at radius 1 is 0.574 bits per heavy atom. The van der Waals surface area contributed by atoms with Gasteiger partial charge in [-0.3, -0.25) is 0 Å². The first-order chi connectivity index (χ1) is 22.5. The van der Waals surface area contributed by atoms with Crippen LogP contribution >= 0.6 is 0 Å². The molecule has 254 valence electrons. The van der Waals surface area contributed by atoms with Crippen molar-refractivity contribution >= 4 is 17.9 Å². The van der Waals surface area contributed by atoms with E-state index in [1.165, 1.54) is 25.7 Å². The van der Waals surface area contributed by atoms with Crippen LogP contribution in [-0.4, -0.2) is 35.2 Å². The van der Waals surface area contributed by atoms with E-state index in [0.29, 0.717) is 46.3 Å². The molecule has 2 saturated carbocycles. The molecule has 0 radical (unpaired) electrons. The number of ether oxygens (including phenoxy) is 2. The summed E-state index contributed by atoms with van der Waals surface area (Å²) < 4.78 is 10.5. The average molecular weight is 643 g/mol. The fraction of sp³-hybridized carbons (Fsp3) is 0.488. The summed E-state index contributed by atoms with van der Waals surface area (Å²) in [6, 6.07) is 26.1. The standard InChI is InChI=1S/C17H24O2.C14H10O3.C10H20O/c1-12(2)15-10-9-13(3)11-16(15)19-17(18)14-7-5-4-6-8-14;15-13(11-7-3-1-4-8-11)17-14(16)12-9-5-2-6-10-12;1-7(2)9-5-4-8(3)6-10(9)11/h4-8,12-13,15-16H,9-11H2,1-3H3;1-10H;7-11H,4-6H2,1-3H3/t13-,15+,16-;;8-,9+,10-/m0.0/s1. The van der Waals surface area contributed by atoms with Gasteiger partial charge in [0.2, 0.25) is 0 Å². The van der Waals surface area contributed by atoms with Crippen molar-refractivity contribution in [2.24, 2.45) is 35.5 Å². The number of aliphatic hydroxyl groups is 1. The van der Waals surface area contributed by atoms with E-state index < -0.39 is 11.9 Å². The molecule has 0 unspecified atom stereocenters. The van der Waals surface area contributed by atoms with Crippen LogP contribution in [0.25, 0.3) is 0 Å². The molecule has 0 amide bonds. The Morgan fingerprint density at radius 2 is 0.957 bits per heavy atom. The van der Waals surface area contributed by atoms with Crippen LogP contribution in [0.3, 0.4) is 0 Å². The normalized spacial score (nSPS) is 23.8. The number of hydrogen-bond acceptors (Lipinski definition) is 6. The highest BCUT2D eigenvalue weighted by Crippen LogP contribution is 2.36. The number of rotatable bonds is 6. The zero-order valence-corrected chi connectivity index (χ0v) is 29.0. The smallest absolute Gasteiger partial charge is 0.346 e. The fourth-order valence-corrected chi connectivity index (χ4v) is 6.53. The molecule has 3 aromatic carbocycles. The molecule has 47 heavy (non-hydrogen) atoms. The van der Waals surface area contributed by atoms with Gasteiger partial charge in [-0.2, -0.15) is 0 Å². The Balaban J connectivity index is 0.000000198. The highest BCUT2D eigenvalue weighted by Gasteiger charge is 2.33. The van der Waals surface area contributed by atoms with E-state index in [-0.39, 0.29) is 18.2 Å². The van der Waals surface area contributed by atoms with Crippen LogP contribution in [0.5, 0.6) is 0 Å². The molecule has 0 heterocycles. The average Bonchev–Trinajstić information content (AvgIpc) is 3.06. The maximum atomic E-state index is 12.2. The molecule has 0 spiro atoms. The monoisotopic (exact) mass is 642 g/mol. The molecule has 0 bridgehead atoms. The van der Waals surface area contributed by atoms with Crippen molar-refractivity contribution < 1.29 is 29.0 Å². The van der Waals surface area contributed by atoms with E-state index in [0.717, 1.165) is 18.8 Å². The zero-order chi connectivity index (χ0) is 34.3. The highest BCUT2D eigenvalue weighted by molar-refractivity contribution is 6.02. The summed E-state index contributed by atoms with van der Waals surface area (Å²) in [6.07, 6.45) is 7.02. The third kappa shape index (κ3) is 12.4. The molecular weight excluding hydrogens is 588 g/mol. The summed E-state index contributed by atoms with van der Waals surface area (Å²) in [5, 5.41) is 9.71. The zero-order valence-electron chi connectivity index (χ0n) is 29.0. The number of esters is 3. The first-order valence-corrected chi connectivity index (χ1v) is 17.3. The summed E-state index contributed by atoms with van der Waals surface area (Å²) in [7, 11) is 0.